The zero-order valence-electron chi connectivity index (χ0n) is 11.3. The van der Waals surface area contributed by atoms with Gasteiger partial charge in [-0.05, 0) is 18.6 Å². The first kappa shape index (κ1) is 13.3. The van der Waals surface area contributed by atoms with Crippen LogP contribution in [-0.4, -0.2) is 32.9 Å². The zero-order chi connectivity index (χ0) is 13.5. The lowest BCUT2D eigenvalue weighted by atomic mass is 10.3. The van der Waals surface area contributed by atoms with Gasteiger partial charge >= 0.3 is 0 Å². The highest BCUT2D eigenvalue weighted by molar-refractivity contribution is 5.49. The normalized spacial score (nSPS) is 10.4. The monoisotopic (exact) mass is 261 g/mol. The van der Waals surface area contributed by atoms with Crippen molar-refractivity contribution in [3.8, 4) is 5.75 Å². The maximum atomic E-state index is 5.64. The summed E-state index contributed by atoms with van der Waals surface area (Å²) in [5, 5.41) is 11.2. The molecule has 0 aromatic carbocycles. The van der Waals surface area contributed by atoms with Crippen molar-refractivity contribution >= 4 is 5.82 Å². The number of pyridine rings is 1. The summed E-state index contributed by atoms with van der Waals surface area (Å²) in [6.07, 6.45) is 5.23. The number of ether oxygens (including phenoxy) is 1. The molecule has 1 N–H and O–H groups in total. The molecule has 0 aliphatic rings. The molecule has 2 aromatic heterocycles. The average Bonchev–Trinajstić information content (AvgIpc) is 2.83. The van der Waals surface area contributed by atoms with E-state index < -0.39 is 0 Å². The molecule has 6 heteroatoms. The number of nitrogens with zero attached hydrogens (tertiary/aromatic N) is 4. The Kier molecular flexibility index (Phi) is 4.72. The third-order valence-corrected chi connectivity index (χ3v) is 2.68. The first-order valence-corrected chi connectivity index (χ1v) is 6.45. The van der Waals surface area contributed by atoms with E-state index in [4.69, 9.17) is 4.74 Å². The summed E-state index contributed by atoms with van der Waals surface area (Å²) in [7, 11) is 1.94. The standard InChI is InChI=1S/C13H19N5O/c1-3-9-19-11-5-4-7-14-13(11)15-8-6-12-17-16-10-18(12)2/h4-5,7,10H,3,6,8-9H2,1-2H3,(H,14,15). The number of anilines is 1. The van der Waals surface area contributed by atoms with Crippen molar-refractivity contribution in [1.82, 2.24) is 19.7 Å². The molecule has 19 heavy (non-hydrogen) atoms. The first-order chi connectivity index (χ1) is 9.31. The predicted octanol–water partition coefficient (Wildman–Crippen LogP) is 1.65. The Labute approximate surface area is 112 Å². The van der Waals surface area contributed by atoms with E-state index in [1.807, 2.05) is 23.7 Å². The van der Waals surface area contributed by atoms with Gasteiger partial charge in [0.05, 0.1) is 6.61 Å². The van der Waals surface area contributed by atoms with Crippen molar-refractivity contribution < 1.29 is 4.74 Å². The molecule has 0 unspecified atom stereocenters. The minimum absolute atomic E-state index is 0.698. The molecule has 0 aliphatic heterocycles. The van der Waals surface area contributed by atoms with Gasteiger partial charge in [0.1, 0.15) is 12.2 Å². The van der Waals surface area contributed by atoms with Crippen LogP contribution in [0.3, 0.4) is 0 Å². The third-order valence-electron chi connectivity index (χ3n) is 2.68. The molecule has 102 valence electrons. The van der Waals surface area contributed by atoms with Crippen LogP contribution in [-0.2, 0) is 13.5 Å². The average molecular weight is 261 g/mol. The van der Waals surface area contributed by atoms with Crippen LogP contribution in [0.2, 0.25) is 0 Å². The lowest BCUT2D eigenvalue weighted by molar-refractivity contribution is 0.318. The summed E-state index contributed by atoms with van der Waals surface area (Å²) in [6.45, 7) is 3.52. The lowest BCUT2D eigenvalue weighted by Gasteiger charge is -2.11. The van der Waals surface area contributed by atoms with Gasteiger partial charge < -0.3 is 14.6 Å². The Bertz CT molecular complexity index is 511. The van der Waals surface area contributed by atoms with Gasteiger partial charge in [-0.25, -0.2) is 4.98 Å². The predicted molar refractivity (Wildman–Crippen MR) is 73.2 cm³/mol. The van der Waals surface area contributed by atoms with Crippen LogP contribution in [0.15, 0.2) is 24.7 Å². The van der Waals surface area contributed by atoms with Gasteiger partial charge in [-0.1, -0.05) is 6.92 Å². The van der Waals surface area contributed by atoms with Gasteiger partial charge in [-0.2, -0.15) is 0 Å². The molecule has 0 atom stereocenters. The number of nitrogens with one attached hydrogen (secondary N) is 1. The Morgan fingerprint density at radius 2 is 2.32 bits per heavy atom. The number of rotatable bonds is 7. The summed E-state index contributed by atoms with van der Waals surface area (Å²) in [5.74, 6) is 2.51. The second-order valence-electron chi connectivity index (χ2n) is 4.23. The van der Waals surface area contributed by atoms with Gasteiger partial charge in [0.25, 0.3) is 0 Å². The van der Waals surface area contributed by atoms with Crippen LogP contribution in [0.25, 0.3) is 0 Å². The molecule has 0 saturated heterocycles. The maximum Gasteiger partial charge on any atom is 0.168 e. The fourth-order valence-corrected chi connectivity index (χ4v) is 1.68. The fraction of sp³-hybridized carbons (Fsp3) is 0.462. The highest BCUT2D eigenvalue weighted by Crippen LogP contribution is 2.20. The third kappa shape index (κ3) is 3.67. The van der Waals surface area contributed by atoms with Crippen molar-refractivity contribution in [3.05, 3.63) is 30.5 Å². The van der Waals surface area contributed by atoms with E-state index in [0.717, 1.165) is 36.8 Å². The zero-order valence-corrected chi connectivity index (χ0v) is 11.3. The van der Waals surface area contributed by atoms with E-state index in [-0.39, 0.29) is 0 Å². The van der Waals surface area contributed by atoms with Crippen LogP contribution in [0, 0.1) is 0 Å². The van der Waals surface area contributed by atoms with Gasteiger partial charge in [-0.15, -0.1) is 10.2 Å². The molecule has 0 radical (unpaired) electrons. The van der Waals surface area contributed by atoms with Gasteiger partial charge in [0.15, 0.2) is 11.6 Å². The minimum Gasteiger partial charge on any atom is -0.490 e. The van der Waals surface area contributed by atoms with Crippen molar-refractivity contribution in [1.29, 1.82) is 0 Å². The second kappa shape index (κ2) is 6.72. The molecule has 0 amide bonds. The fourth-order valence-electron chi connectivity index (χ4n) is 1.68. The number of aryl methyl sites for hydroxylation is 1. The molecule has 2 heterocycles. The van der Waals surface area contributed by atoms with E-state index in [9.17, 15) is 0 Å². The number of hydrogen-bond acceptors (Lipinski definition) is 5. The van der Waals surface area contributed by atoms with Crippen molar-refractivity contribution in [2.45, 2.75) is 19.8 Å². The molecular formula is C13H19N5O. The summed E-state index contributed by atoms with van der Waals surface area (Å²) in [5.41, 5.74) is 0. The molecule has 0 spiro atoms. The van der Waals surface area contributed by atoms with E-state index in [2.05, 4.69) is 27.4 Å². The van der Waals surface area contributed by atoms with Crippen molar-refractivity contribution in [2.75, 3.05) is 18.5 Å². The van der Waals surface area contributed by atoms with Gasteiger partial charge in [-0.3, -0.25) is 0 Å². The van der Waals surface area contributed by atoms with Crippen LogP contribution in [0.5, 0.6) is 5.75 Å². The molecule has 0 aliphatic carbocycles. The van der Waals surface area contributed by atoms with E-state index >= 15 is 0 Å². The summed E-state index contributed by atoms with van der Waals surface area (Å²) < 4.78 is 7.55. The van der Waals surface area contributed by atoms with E-state index in [1.165, 1.54) is 0 Å². The maximum absolute atomic E-state index is 5.64. The van der Waals surface area contributed by atoms with Crippen LogP contribution in [0.1, 0.15) is 19.2 Å². The smallest absolute Gasteiger partial charge is 0.168 e. The quantitative estimate of drug-likeness (QED) is 0.821. The van der Waals surface area contributed by atoms with Crippen molar-refractivity contribution in [2.24, 2.45) is 7.05 Å². The van der Waals surface area contributed by atoms with Crippen LogP contribution >= 0.6 is 0 Å². The number of aromatic nitrogens is 4. The highest BCUT2D eigenvalue weighted by Gasteiger charge is 2.05. The van der Waals surface area contributed by atoms with E-state index in [0.29, 0.717) is 6.61 Å². The largest absolute Gasteiger partial charge is 0.490 e. The topological polar surface area (TPSA) is 64.9 Å². The molecule has 6 nitrogen and oxygen atoms in total. The lowest BCUT2D eigenvalue weighted by Crippen LogP contribution is -2.11. The highest BCUT2D eigenvalue weighted by atomic mass is 16.5. The molecule has 0 bridgehead atoms. The molecule has 0 fully saturated rings. The summed E-state index contributed by atoms with van der Waals surface area (Å²) in [4.78, 5) is 4.29. The molecular weight excluding hydrogens is 242 g/mol. The van der Waals surface area contributed by atoms with Crippen molar-refractivity contribution in [3.63, 3.8) is 0 Å². The molecule has 2 aromatic rings. The second-order valence-corrected chi connectivity index (χ2v) is 4.23. The number of hydrogen-bond donors (Lipinski definition) is 1. The van der Waals surface area contributed by atoms with Crippen LogP contribution in [0.4, 0.5) is 5.82 Å². The summed E-state index contributed by atoms with van der Waals surface area (Å²) >= 11 is 0. The first-order valence-electron chi connectivity index (χ1n) is 6.45. The SMILES string of the molecule is CCCOc1cccnc1NCCc1nncn1C. The Hall–Kier alpha value is -2.11. The van der Waals surface area contributed by atoms with E-state index in [1.54, 1.807) is 12.5 Å². The molecule has 0 saturated carbocycles. The Balaban J connectivity index is 1.90. The van der Waals surface area contributed by atoms with Crippen LogP contribution < -0.4 is 10.1 Å². The Morgan fingerprint density at radius 1 is 1.42 bits per heavy atom. The minimum atomic E-state index is 0.698. The van der Waals surface area contributed by atoms with Gasteiger partial charge in [0, 0.05) is 26.2 Å². The summed E-state index contributed by atoms with van der Waals surface area (Å²) in [6, 6.07) is 3.80. The van der Waals surface area contributed by atoms with Gasteiger partial charge in [0.2, 0.25) is 0 Å². The Morgan fingerprint density at radius 3 is 3.05 bits per heavy atom. The molecule has 2 rings (SSSR count).